The van der Waals surface area contributed by atoms with Crippen molar-refractivity contribution in [3.63, 3.8) is 0 Å². The highest BCUT2D eigenvalue weighted by molar-refractivity contribution is 8.00. The number of benzene rings is 4. The molecule has 4 aromatic carbocycles. The fourth-order valence-electron chi connectivity index (χ4n) is 10.5. The molecule has 6 atom stereocenters. The van der Waals surface area contributed by atoms with Crippen molar-refractivity contribution in [3.8, 4) is 0 Å². The quantitative estimate of drug-likeness (QED) is 0.0305. The molecule has 0 radical (unpaired) electrons. The van der Waals surface area contributed by atoms with Crippen LogP contribution in [0.25, 0.3) is 0 Å². The van der Waals surface area contributed by atoms with Gasteiger partial charge in [-0.15, -0.1) is 23.5 Å². The Morgan fingerprint density at radius 1 is 0.600 bits per heavy atom. The number of fused-ring (bicyclic) bond motifs is 2. The Balaban J connectivity index is 0.000000208. The number of hydrogen-bond donors (Lipinski definition) is 3. The Kier molecular flexibility index (Phi) is 19.0. The first-order chi connectivity index (χ1) is 33.8. The summed E-state index contributed by atoms with van der Waals surface area (Å²) in [4.78, 5) is 54.6. The van der Waals surface area contributed by atoms with Crippen molar-refractivity contribution >= 4 is 64.4 Å². The van der Waals surface area contributed by atoms with Gasteiger partial charge < -0.3 is 26.1 Å². The second kappa shape index (κ2) is 25.3. The zero-order valence-electron chi connectivity index (χ0n) is 41.9. The number of rotatable bonds is 17. The van der Waals surface area contributed by atoms with Gasteiger partial charge in [0.1, 0.15) is 16.3 Å². The van der Waals surface area contributed by atoms with Gasteiger partial charge in [-0.2, -0.15) is 0 Å². The molecular formula is C56H74N8O4S2. The van der Waals surface area contributed by atoms with Crippen LogP contribution in [-0.4, -0.2) is 89.6 Å². The van der Waals surface area contributed by atoms with Gasteiger partial charge in [0, 0.05) is 65.1 Å². The standard InChI is InChI=1S/C29H38N4O3S.C27H36N4OS/c1-20-11-9-12-21(2)32(20)17-7-4-8-18-33-25-15-5-6-16-26(25)37-27(29(33)35)23-13-10-14-24(19-23)28(30)31-36-22(3)34;1-19-10-8-11-20(2)30(19)16-6-3-7-17-31-23-14-4-5-15-24(23)33-25(27(31)32)21-12-9-13-22(18-21)26(28)29/h5-6,10,13-16,19-21,27H,4,7-9,11-12,17-18H2,1-3H3,(H2,30,31);4-5,9,12-15,18-20,25H,3,6-8,10-11,16-17H2,1-2H3,(H3,28,29)/t20-,21+,27?;19-,20+,25?. The molecule has 4 aromatic rings. The van der Waals surface area contributed by atoms with Crippen LogP contribution in [0.15, 0.2) is 112 Å². The van der Waals surface area contributed by atoms with Crippen LogP contribution in [-0.2, 0) is 19.2 Å². The molecule has 374 valence electrons. The fourth-order valence-corrected chi connectivity index (χ4v) is 13.0. The molecular weight excluding hydrogens is 913 g/mol. The molecule has 12 nitrogen and oxygen atoms in total. The summed E-state index contributed by atoms with van der Waals surface area (Å²) in [7, 11) is 0. The highest BCUT2D eigenvalue weighted by Gasteiger charge is 2.36. The zero-order valence-corrected chi connectivity index (χ0v) is 43.5. The Morgan fingerprint density at radius 2 is 1.01 bits per heavy atom. The molecule has 2 unspecified atom stereocenters. The monoisotopic (exact) mass is 987 g/mol. The topological polar surface area (TPSA) is 162 Å². The molecule has 14 heteroatoms. The molecule has 2 amide bonds. The molecule has 4 heterocycles. The van der Waals surface area contributed by atoms with Crippen LogP contribution in [0.3, 0.4) is 0 Å². The van der Waals surface area contributed by atoms with Gasteiger partial charge >= 0.3 is 5.97 Å². The predicted octanol–water partition coefficient (Wildman–Crippen LogP) is 11.1. The van der Waals surface area contributed by atoms with Crippen molar-refractivity contribution in [1.82, 2.24) is 9.80 Å². The molecule has 0 aliphatic carbocycles. The van der Waals surface area contributed by atoms with Crippen molar-refractivity contribution in [2.24, 2.45) is 16.6 Å². The number of piperidine rings is 2. The maximum absolute atomic E-state index is 13.7. The predicted molar refractivity (Wildman–Crippen MR) is 288 cm³/mol. The Labute approximate surface area is 424 Å². The van der Waals surface area contributed by atoms with Crippen molar-refractivity contribution in [3.05, 3.63) is 119 Å². The van der Waals surface area contributed by atoms with Gasteiger partial charge in [0.25, 0.3) is 0 Å². The van der Waals surface area contributed by atoms with Crippen molar-refractivity contribution in [2.45, 2.75) is 156 Å². The lowest BCUT2D eigenvalue weighted by Crippen LogP contribution is -2.44. The van der Waals surface area contributed by atoms with E-state index in [0.29, 0.717) is 41.8 Å². The van der Waals surface area contributed by atoms with Crippen LogP contribution in [0, 0.1) is 5.41 Å². The number of nitrogens with zero attached hydrogens (tertiary/aromatic N) is 5. The molecule has 8 rings (SSSR count). The molecule has 4 aliphatic rings. The first-order valence-corrected chi connectivity index (χ1v) is 27.3. The smallest absolute Gasteiger partial charge is 0.332 e. The van der Waals surface area contributed by atoms with Gasteiger partial charge in [-0.25, -0.2) is 4.79 Å². The number of carbonyl (C=O) groups excluding carboxylic acids is 3. The van der Waals surface area contributed by atoms with Gasteiger partial charge in [0.2, 0.25) is 11.8 Å². The number of hydrogen-bond acceptors (Lipinski definition) is 10. The lowest BCUT2D eigenvalue weighted by atomic mass is 9.97. The van der Waals surface area contributed by atoms with Crippen molar-refractivity contribution in [1.29, 1.82) is 5.41 Å². The summed E-state index contributed by atoms with van der Waals surface area (Å²) in [5, 5.41) is 10.8. The summed E-state index contributed by atoms with van der Waals surface area (Å²) in [6, 6.07) is 34.0. The summed E-state index contributed by atoms with van der Waals surface area (Å²) in [5.41, 5.74) is 16.7. The minimum atomic E-state index is -0.538. The number of para-hydroxylation sites is 2. The fraction of sp³-hybridized carbons (Fsp3) is 0.482. The van der Waals surface area contributed by atoms with E-state index < -0.39 is 5.97 Å². The third kappa shape index (κ3) is 13.4. The third-order valence-corrected chi connectivity index (χ3v) is 17.0. The largest absolute Gasteiger partial charge is 0.384 e. The normalized spacial score (nSPS) is 23.0. The summed E-state index contributed by atoms with van der Waals surface area (Å²) >= 11 is 3.16. The van der Waals surface area contributed by atoms with Crippen molar-refractivity contribution in [2.75, 3.05) is 36.0 Å². The Bertz CT molecular complexity index is 2450. The Hall–Kier alpha value is -5.15. The maximum Gasteiger partial charge on any atom is 0.332 e. The molecule has 0 saturated carbocycles. The number of nitrogens with one attached hydrogen (secondary N) is 1. The molecule has 2 fully saturated rings. The van der Waals surface area contributed by atoms with E-state index in [-0.39, 0.29) is 34.0 Å². The number of unbranched alkanes of at least 4 members (excludes halogenated alkanes) is 4. The minimum Gasteiger partial charge on any atom is -0.384 e. The lowest BCUT2D eigenvalue weighted by Gasteiger charge is -2.39. The average Bonchev–Trinajstić information content (AvgIpc) is 3.35. The van der Waals surface area contributed by atoms with Gasteiger partial charge in [-0.3, -0.25) is 24.8 Å². The highest BCUT2D eigenvalue weighted by atomic mass is 32.2. The summed E-state index contributed by atoms with van der Waals surface area (Å²) in [6.45, 7) is 14.4. The van der Waals surface area contributed by atoms with Crippen molar-refractivity contribution < 1.29 is 19.2 Å². The van der Waals surface area contributed by atoms with Gasteiger partial charge in [0.15, 0.2) is 5.84 Å². The van der Waals surface area contributed by atoms with Crippen LogP contribution in [0.2, 0.25) is 0 Å². The van der Waals surface area contributed by atoms with Gasteiger partial charge in [-0.05, 0) is 140 Å². The van der Waals surface area contributed by atoms with E-state index in [9.17, 15) is 14.4 Å². The highest BCUT2D eigenvalue weighted by Crippen LogP contribution is 2.48. The molecule has 5 N–H and O–H groups in total. The second-order valence-corrected chi connectivity index (χ2v) is 21.8. The van der Waals surface area contributed by atoms with E-state index in [1.807, 2.05) is 82.6 Å². The van der Waals surface area contributed by atoms with Crippen LogP contribution < -0.4 is 21.3 Å². The second-order valence-electron chi connectivity index (χ2n) is 19.5. The number of oxime groups is 1. The molecule has 0 aromatic heterocycles. The lowest BCUT2D eigenvalue weighted by molar-refractivity contribution is -0.141. The van der Waals surface area contributed by atoms with E-state index >= 15 is 0 Å². The number of anilines is 2. The molecule has 2 saturated heterocycles. The molecule has 0 spiro atoms. The number of carbonyl (C=O) groups is 3. The van der Waals surface area contributed by atoms with E-state index in [0.717, 1.165) is 84.0 Å². The number of thioether (sulfide) groups is 2. The van der Waals surface area contributed by atoms with E-state index in [2.05, 4.69) is 65.7 Å². The zero-order chi connectivity index (χ0) is 49.7. The number of amides is 2. The van der Waals surface area contributed by atoms with Crippen LogP contribution >= 0.6 is 23.5 Å². The summed E-state index contributed by atoms with van der Waals surface area (Å²) in [6.07, 6.45) is 14.4. The number of amidine groups is 2. The molecule has 70 heavy (non-hydrogen) atoms. The third-order valence-electron chi connectivity index (χ3n) is 14.4. The van der Waals surface area contributed by atoms with E-state index in [4.69, 9.17) is 16.9 Å². The van der Waals surface area contributed by atoms with Gasteiger partial charge in [-0.1, -0.05) is 91.5 Å². The van der Waals surface area contributed by atoms with Gasteiger partial charge in [0.05, 0.1) is 11.4 Å². The van der Waals surface area contributed by atoms with Crippen LogP contribution in [0.5, 0.6) is 0 Å². The first-order valence-electron chi connectivity index (χ1n) is 25.5. The minimum absolute atomic E-state index is 0.0275. The summed E-state index contributed by atoms with van der Waals surface area (Å²) in [5.74, 6) is -0.212. The summed E-state index contributed by atoms with van der Waals surface area (Å²) < 4.78 is 0. The van der Waals surface area contributed by atoms with E-state index in [1.165, 1.54) is 51.9 Å². The number of likely N-dealkylation sites (tertiary alicyclic amines) is 2. The van der Waals surface area contributed by atoms with Crippen LogP contribution in [0.1, 0.15) is 144 Å². The SMILES string of the molecule is CC(=O)ON=C(N)c1cccc(C2Sc3ccccc3N(CCCCCN3[C@H](C)CCC[C@@H]3C)C2=O)c1.C[C@@H]1CCC[C@H](C)N1CCCCCN1C(=O)C(c2cccc(C(=N)N)c2)Sc2ccccc21. The van der Waals surface area contributed by atoms with Crippen LogP contribution in [0.4, 0.5) is 11.4 Å². The molecule has 0 bridgehead atoms. The number of nitrogen functional groups attached to an aromatic ring is 1. The maximum atomic E-state index is 13.7. The Morgan fingerprint density at radius 3 is 1.46 bits per heavy atom. The molecule has 4 aliphatic heterocycles. The first kappa shape index (κ1) is 52.7. The number of nitrogens with two attached hydrogens (primary N) is 2. The average molecular weight is 987 g/mol. The van der Waals surface area contributed by atoms with E-state index in [1.54, 1.807) is 29.6 Å².